The van der Waals surface area contributed by atoms with Crippen molar-refractivity contribution in [2.24, 2.45) is 0 Å². The molecule has 0 saturated carbocycles. The molecule has 0 spiro atoms. The maximum atomic E-state index is 5.14. The van der Waals surface area contributed by atoms with Crippen LogP contribution in [0, 0.1) is 6.92 Å². The number of hydrogen-bond donors (Lipinski definition) is 1. The lowest BCUT2D eigenvalue weighted by Crippen LogP contribution is -2.43. The second-order valence-electron chi connectivity index (χ2n) is 4.81. The molecule has 1 N–H and O–H groups in total. The van der Waals surface area contributed by atoms with Gasteiger partial charge in [-0.2, -0.15) is 4.83 Å². The summed E-state index contributed by atoms with van der Waals surface area (Å²) >= 11 is 6.81. The standard InChI is InChI=1S/C8H8Br2O.C5H13N2OP/c1-5-3-6(9)8(11-2)7(10)4-5;1-5(2)6-4-9-7(5)8-3/h3-4H,1-2H3;6,9H,4H2,1-3H3. The van der Waals surface area contributed by atoms with E-state index in [9.17, 15) is 0 Å². The molecule has 1 aliphatic rings. The van der Waals surface area contributed by atoms with E-state index in [2.05, 4.69) is 51.0 Å². The number of halogens is 2. The quantitative estimate of drug-likeness (QED) is 0.714. The molecule has 0 amide bonds. The minimum atomic E-state index is 0.0349. The van der Waals surface area contributed by atoms with Crippen LogP contribution >= 0.6 is 40.6 Å². The predicted molar refractivity (Wildman–Crippen MR) is 92.4 cm³/mol. The number of ether oxygens (including phenoxy) is 1. The van der Waals surface area contributed by atoms with Gasteiger partial charge in [0.25, 0.3) is 0 Å². The molecule has 4 nitrogen and oxygen atoms in total. The summed E-state index contributed by atoms with van der Waals surface area (Å²) in [5, 5.41) is 3.31. The molecule has 1 aliphatic heterocycles. The fraction of sp³-hybridized carbons (Fsp3) is 0.538. The summed E-state index contributed by atoms with van der Waals surface area (Å²) in [5.74, 6) is 0.843. The van der Waals surface area contributed by atoms with Gasteiger partial charge in [-0.1, -0.05) is 0 Å². The lowest BCUT2D eigenvalue weighted by molar-refractivity contribution is -0.107. The smallest absolute Gasteiger partial charge is 0.147 e. The molecule has 1 atom stereocenters. The van der Waals surface area contributed by atoms with Crippen LogP contribution in [0.15, 0.2) is 21.1 Å². The van der Waals surface area contributed by atoms with E-state index in [-0.39, 0.29) is 5.66 Å². The number of hydroxylamine groups is 1. The molecule has 1 aromatic rings. The lowest BCUT2D eigenvalue weighted by atomic mass is 10.2. The van der Waals surface area contributed by atoms with Crippen LogP contribution in [0.25, 0.3) is 0 Å². The van der Waals surface area contributed by atoms with Crippen molar-refractivity contribution in [3.63, 3.8) is 0 Å². The Morgan fingerprint density at radius 1 is 1.25 bits per heavy atom. The Labute approximate surface area is 139 Å². The molecule has 1 aromatic carbocycles. The monoisotopic (exact) mass is 426 g/mol. The fourth-order valence-corrected chi connectivity index (χ4v) is 4.77. The number of hydrogen-bond acceptors (Lipinski definition) is 4. The Balaban J connectivity index is 0.000000204. The Hall–Kier alpha value is 0.290. The highest BCUT2D eigenvalue weighted by molar-refractivity contribution is 9.11. The van der Waals surface area contributed by atoms with Crippen LogP contribution in [0.2, 0.25) is 0 Å². The summed E-state index contributed by atoms with van der Waals surface area (Å²) in [6.07, 6.45) is 1.04. The molecular weight excluding hydrogens is 407 g/mol. The molecule has 114 valence electrons. The molecule has 1 heterocycles. The van der Waals surface area contributed by atoms with Crippen molar-refractivity contribution in [2.75, 3.05) is 20.5 Å². The maximum absolute atomic E-state index is 5.14. The lowest BCUT2D eigenvalue weighted by Gasteiger charge is -2.27. The molecule has 0 aliphatic carbocycles. The van der Waals surface area contributed by atoms with E-state index >= 15 is 0 Å². The van der Waals surface area contributed by atoms with Gasteiger partial charge in [0.2, 0.25) is 0 Å². The molecule has 0 aromatic heterocycles. The van der Waals surface area contributed by atoms with Crippen LogP contribution in [0.1, 0.15) is 19.4 Å². The van der Waals surface area contributed by atoms with E-state index in [1.807, 2.05) is 23.9 Å². The number of nitrogens with one attached hydrogen (secondary N) is 1. The largest absolute Gasteiger partial charge is 0.494 e. The van der Waals surface area contributed by atoms with Gasteiger partial charge in [-0.3, -0.25) is 10.2 Å². The molecule has 2 rings (SSSR count). The summed E-state index contributed by atoms with van der Waals surface area (Å²) in [5.41, 5.74) is 1.23. The highest BCUT2D eigenvalue weighted by Crippen LogP contribution is 2.34. The van der Waals surface area contributed by atoms with Crippen molar-refractivity contribution in [3.8, 4) is 5.75 Å². The minimum absolute atomic E-state index is 0.0349. The number of aryl methyl sites for hydroxylation is 1. The molecule has 20 heavy (non-hydrogen) atoms. The van der Waals surface area contributed by atoms with Crippen LogP contribution in [0.3, 0.4) is 0 Å². The van der Waals surface area contributed by atoms with Gasteiger partial charge < -0.3 is 4.74 Å². The van der Waals surface area contributed by atoms with Crippen molar-refractivity contribution in [1.29, 1.82) is 0 Å². The van der Waals surface area contributed by atoms with Crippen molar-refractivity contribution >= 4 is 40.6 Å². The third kappa shape index (κ3) is 4.93. The highest BCUT2D eigenvalue weighted by atomic mass is 79.9. The summed E-state index contributed by atoms with van der Waals surface area (Å²) in [6, 6.07) is 4.03. The van der Waals surface area contributed by atoms with Gasteiger partial charge in [0.1, 0.15) is 5.75 Å². The molecule has 1 unspecified atom stereocenters. The Morgan fingerprint density at radius 2 is 1.80 bits per heavy atom. The van der Waals surface area contributed by atoms with E-state index in [0.717, 1.165) is 29.7 Å². The second-order valence-corrected chi connectivity index (χ2v) is 7.59. The van der Waals surface area contributed by atoms with Gasteiger partial charge >= 0.3 is 0 Å². The zero-order valence-electron chi connectivity index (χ0n) is 12.4. The SMILES string of the molecule is CON1PCNC1(C)C.COc1c(Br)cc(C)cc1Br. The summed E-state index contributed by atoms with van der Waals surface area (Å²) in [4.78, 5) is 7.07. The van der Waals surface area contributed by atoms with Gasteiger partial charge in [0, 0.05) is 6.29 Å². The van der Waals surface area contributed by atoms with Gasteiger partial charge in [0.15, 0.2) is 0 Å². The van der Waals surface area contributed by atoms with E-state index in [4.69, 9.17) is 9.57 Å². The van der Waals surface area contributed by atoms with Crippen LogP contribution in [0.4, 0.5) is 0 Å². The highest BCUT2D eigenvalue weighted by Gasteiger charge is 2.31. The molecule has 1 fully saturated rings. The number of rotatable bonds is 2. The second kappa shape index (κ2) is 8.06. The van der Waals surface area contributed by atoms with Gasteiger partial charge in [-0.15, -0.1) is 0 Å². The average Bonchev–Trinajstić information content (AvgIpc) is 2.68. The van der Waals surface area contributed by atoms with E-state index in [0.29, 0.717) is 0 Å². The first-order chi connectivity index (χ1) is 9.31. The van der Waals surface area contributed by atoms with Gasteiger partial charge in [-0.05, 0) is 79.1 Å². The van der Waals surface area contributed by atoms with Crippen molar-refractivity contribution in [3.05, 3.63) is 26.6 Å². The van der Waals surface area contributed by atoms with Crippen LogP contribution in [0.5, 0.6) is 5.75 Å². The van der Waals surface area contributed by atoms with E-state index in [1.165, 1.54) is 5.56 Å². The minimum Gasteiger partial charge on any atom is -0.494 e. The summed E-state index contributed by atoms with van der Waals surface area (Å²) in [7, 11) is 4.11. The number of methoxy groups -OCH3 is 1. The molecule has 0 bridgehead atoms. The van der Waals surface area contributed by atoms with Crippen LogP contribution in [-0.2, 0) is 4.84 Å². The Bertz CT molecular complexity index is 435. The van der Waals surface area contributed by atoms with Crippen molar-refractivity contribution in [2.45, 2.75) is 26.4 Å². The Kier molecular flexibility index (Phi) is 7.39. The van der Waals surface area contributed by atoms with E-state index in [1.54, 1.807) is 14.2 Å². The third-order valence-electron chi connectivity index (χ3n) is 2.78. The zero-order valence-corrected chi connectivity index (χ0v) is 16.6. The fourth-order valence-electron chi connectivity index (χ4n) is 1.77. The Morgan fingerprint density at radius 3 is 2.10 bits per heavy atom. The topological polar surface area (TPSA) is 33.7 Å². The first-order valence-electron chi connectivity index (χ1n) is 6.14. The molecular formula is C13H21Br2N2O2P. The number of nitrogens with zero attached hydrogens (tertiary/aromatic N) is 1. The van der Waals surface area contributed by atoms with Gasteiger partial charge in [-0.25, -0.2) is 0 Å². The van der Waals surface area contributed by atoms with Crippen LogP contribution < -0.4 is 10.1 Å². The first kappa shape index (κ1) is 18.3. The zero-order chi connectivity index (χ0) is 15.3. The van der Waals surface area contributed by atoms with Crippen LogP contribution in [-0.4, -0.2) is 31.0 Å². The normalized spacial score (nSPS) is 18.8. The molecule has 7 heteroatoms. The average molecular weight is 428 g/mol. The summed E-state index contributed by atoms with van der Waals surface area (Å²) < 4.78 is 7.09. The predicted octanol–water partition coefficient (Wildman–Crippen LogP) is 4.27. The van der Waals surface area contributed by atoms with Crippen molar-refractivity contribution < 1.29 is 9.57 Å². The van der Waals surface area contributed by atoms with Gasteiger partial charge in [0.05, 0.1) is 28.8 Å². The van der Waals surface area contributed by atoms with E-state index < -0.39 is 0 Å². The van der Waals surface area contributed by atoms with Crippen molar-refractivity contribution in [1.82, 2.24) is 10.2 Å². The maximum Gasteiger partial charge on any atom is 0.147 e. The third-order valence-corrected chi connectivity index (χ3v) is 5.32. The molecule has 1 saturated heterocycles. The molecule has 0 radical (unpaired) electrons. The number of benzene rings is 1. The summed E-state index contributed by atoms with van der Waals surface area (Å²) in [6.45, 7) is 6.25. The first-order valence-corrected chi connectivity index (χ1v) is 8.88.